The van der Waals surface area contributed by atoms with Crippen molar-refractivity contribution in [1.29, 1.82) is 0 Å². The predicted octanol–water partition coefficient (Wildman–Crippen LogP) is 4.72. The molecule has 0 unspecified atom stereocenters. The van der Waals surface area contributed by atoms with Crippen LogP contribution in [-0.4, -0.2) is 34.2 Å². The number of hydrazone groups is 1. The van der Waals surface area contributed by atoms with Crippen LogP contribution in [-0.2, 0) is 9.59 Å². The third-order valence-corrected chi connectivity index (χ3v) is 4.39. The number of carboxylic acids is 1. The van der Waals surface area contributed by atoms with Crippen LogP contribution < -0.4 is 5.43 Å². The van der Waals surface area contributed by atoms with Crippen molar-refractivity contribution in [1.82, 2.24) is 5.43 Å². The summed E-state index contributed by atoms with van der Waals surface area (Å²) in [6.07, 6.45) is 10.9. The molecule has 0 rings (SSSR count). The van der Waals surface area contributed by atoms with Crippen molar-refractivity contribution in [3.63, 3.8) is 0 Å². The Labute approximate surface area is 161 Å². The molecule has 146 valence electrons. The number of nitrogens with zero attached hydrogens (tertiary/aromatic N) is 1. The van der Waals surface area contributed by atoms with E-state index in [2.05, 4.69) is 56.5 Å². The molecule has 0 aliphatic carbocycles. The van der Waals surface area contributed by atoms with Crippen LogP contribution in [0.4, 0.5) is 0 Å². The van der Waals surface area contributed by atoms with E-state index in [1.165, 1.54) is 35.4 Å². The SMILES string of the molecule is CC(=O)NN=C(CSCC=C(C)CCC=C(C)CCC=C(C)C)C(=O)O. The van der Waals surface area contributed by atoms with E-state index < -0.39 is 5.97 Å². The van der Waals surface area contributed by atoms with Crippen molar-refractivity contribution < 1.29 is 14.7 Å². The van der Waals surface area contributed by atoms with Gasteiger partial charge in [0.15, 0.2) is 5.71 Å². The molecule has 0 spiro atoms. The number of nitrogens with one attached hydrogen (secondary N) is 1. The Morgan fingerprint density at radius 1 is 0.962 bits per heavy atom. The number of rotatable bonds is 12. The van der Waals surface area contributed by atoms with Crippen LogP contribution in [0.25, 0.3) is 0 Å². The van der Waals surface area contributed by atoms with Gasteiger partial charge >= 0.3 is 5.97 Å². The van der Waals surface area contributed by atoms with Gasteiger partial charge in [-0.15, -0.1) is 0 Å². The second-order valence-corrected chi connectivity index (χ2v) is 7.54. The van der Waals surface area contributed by atoms with E-state index >= 15 is 0 Å². The first kappa shape index (κ1) is 24.2. The molecular formula is C20H32N2O3S. The molecule has 0 aromatic rings. The molecule has 0 aromatic carbocycles. The van der Waals surface area contributed by atoms with Crippen LogP contribution in [0.3, 0.4) is 0 Å². The zero-order chi connectivity index (χ0) is 19.9. The second-order valence-electron chi connectivity index (χ2n) is 6.51. The number of carbonyl (C=O) groups excluding carboxylic acids is 1. The van der Waals surface area contributed by atoms with E-state index in [9.17, 15) is 9.59 Å². The Kier molecular flexibility index (Phi) is 13.4. The van der Waals surface area contributed by atoms with Gasteiger partial charge in [-0.05, 0) is 53.4 Å². The second kappa shape index (κ2) is 14.4. The lowest BCUT2D eigenvalue weighted by Crippen LogP contribution is -2.23. The van der Waals surface area contributed by atoms with Gasteiger partial charge in [0.05, 0.1) is 0 Å². The highest BCUT2D eigenvalue weighted by molar-refractivity contribution is 8.00. The van der Waals surface area contributed by atoms with Gasteiger partial charge in [-0.1, -0.05) is 34.9 Å². The first-order chi connectivity index (χ1) is 12.2. The summed E-state index contributed by atoms with van der Waals surface area (Å²) >= 11 is 1.46. The summed E-state index contributed by atoms with van der Waals surface area (Å²) in [5, 5.41) is 12.6. The maximum atomic E-state index is 11.0. The van der Waals surface area contributed by atoms with Crippen molar-refractivity contribution in [2.24, 2.45) is 5.10 Å². The maximum Gasteiger partial charge on any atom is 0.352 e. The van der Waals surface area contributed by atoms with E-state index in [0.717, 1.165) is 31.4 Å². The molecule has 0 radical (unpaired) electrons. The molecule has 6 heteroatoms. The average Bonchev–Trinajstić information content (AvgIpc) is 2.53. The summed E-state index contributed by atoms with van der Waals surface area (Å²) in [7, 11) is 0. The zero-order valence-electron chi connectivity index (χ0n) is 16.6. The number of carbonyl (C=O) groups is 2. The summed E-state index contributed by atoms with van der Waals surface area (Å²) in [6.45, 7) is 9.80. The van der Waals surface area contributed by atoms with E-state index in [0.29, 0.717) is 0 Å². The topological polar surface area (TPSA) is 78.8 Å². The lowest BCUT2D eigenvalue weighted by Gasteiger charge is -2.03. The molecule has 0 aliphatic rings. The number of hydrogen-bond acceptors (Lipinski definition) is 4. The molecule has 1 amide bonds. The van der Waals surface area contributed by atoms with E-state index in [1.807, 2.05) is 0 Å². The fraction of sp³-hybridized carbons (Fsp3) is 0.550. The number of amides is 1. The van der Waals surface area contributed by atoms with Gasteiger partial charge in [-0.25, -0.2) is 10.2 Å². The molecule has 0 atom stereocenters. The first-order valence-electron chi connectivity index (χ1n) is 8.81. The van der Waals surface area contributed by atoms with Crippen molar-refractivity contribution in [3.05, 3.63) is 34.9 Å². The minimum absolute atomic E-state index is 0.0498. The molecule has 26 heavy (non-hydrogen) atoms. The van der Waals surface area contributed by atoms with Crippen molar-refractivity contribution in [3.8, 4) is 0 Å². The van der Waals surface area contributed by atoms with Gasteiger partial charge in [-0.3, -0.25) is 4.79 Å². The number of aliphatic carboxylic acids is 1. The third kappa shape index (κ3) is 14.5. The molecule has 0 fully saturated rings. The molecule has 2 N–H and O–H groups in total. The van der Waals surface area contributed by atoms with E-state index in [1.54, 1.807) is 0 Å². The Bertz CT molecular complexity index is 586. The smallest absolute Gasteiger partial charge is 0.352 e. The highest BCUT2D eigenvalue weighted by Gasteiger charge is 2.09. The third-order valence-electron chi connectivity index (χ3n) is 3.51. The molecule has 0 heterocycles. The normalized spacial score (nSPS) is 12.7. The predicted molar refractivity (Wildman–Crippen MR) is 112 cm³/mol. The maximum absolute atomic E-state index is 11.0. The summed E-state index contributed by atoms with van der Waals surface area (Å²) in [5.74, 6) is -0.515. The fourth-order valence-electron chi connectivity index (χ4n) is 1.98. The summed E-state index contributed by atoms with van der Waals surface area (Å²) < 4.78 is 0. The fourth-order valence-corrected chi connectivity index (χ4v) is 2.89. The standard InChI is InChI=1S/C20H32N2O3S/c1-15(2)8-6-9-16(3)10-7-11-17(4)12-13-26-14-19(20(24)25)22-21-18(5)23/h8,10,12H,6-7,9,11,13-14H2,1-5H3,(H,21,23)(H,24,25). The highest BCUT2D eigenvalue weighted by atomic mass is 32.2. The summed E-state index contributed by atoms with van der Waals surface area (Å²) in [4.78, 5) is 21.8. The van der Waals surface area contributed by atoms with Crippen molar-refractivity contribution in [2.75, 3.05) is 11.5 Å². The molecule has 0 saturated heterocycles. The lowest BCUT2D eigenvalue weighted by molar-refractivity contribution is -0.129. The highest BCUT2D eigenvalue weighted by Crippen LogP contribution is 2.12. The largest absolute Gasteiger partial charge is 0.477 e. The van der Waals surface area contributed by atoms with Crippen molar-refractivity contribution >= 4 is 29.4 Å². The molecule has 0 bridgehead atoms. The molecule has 0 aliphatic heterocycles. The Hall–Kier alpha value is -1.82. The minimum Gasteiger partial charge on any atom is -0.477 e. The molecule has 5 nitrogen and oxygen atoms in total. The van der Waals surface area contributed by atoms with Gasteiger partial charge < -0.3 is 5.11 Å². The number of hydrogen-bond donors (Lipinski definition) is 2. The molecule has 0 aromatic heterocycles. The van der Waals surface area contributed by atoms with Crippen LogP contribution in [0.15, 0.2) is 40.0 Å². The van der Waals surface area contributed by atoms with Gasteiger partial charge in [0.25, 0.3) is 0 Å². The number of allylic oxidation sites excluding steroid dienone is 5. The Balaban J connectivity index is 4.17. The molecule has 0 saturated carbocycles. The Morgan fingerprint density at radius 3 is 2.08 bits per heavy atom. The molecular weight excluding hydrogens is 348 g/mol. The van der Waals surface area contributed by atoms with Gasteiger partial charge in [0, 0.05) is 18.4 Å². The van der Waals surface area contributed by atoms with Crippen LogP contribution in [0.5, 0.6) is 0 Å². The minimum atomic E-state index is -1.11. The van der Waals surface area contributed by atoms with Crippen molar-refractivity contribution in [2.45, 2.75) is 60.3 Å². The number of carboxylic acid groups (broad SMARTS) is 1. The van der Waals surface area contributed by atoms with E-state index in [-0.39, 0.29) is 17.4 Å². The summed E-state index contributed by atoms with van der Waals surface area (Å²) in [5.41, 5.74) is 6.19. The monoisotopic (exact) mass is 380 g/mol. The lowest BCUT2D eigenvalue weighted by atomic mass is 10.1. The van der Waals surface area contributed by atoms with Crippen LogP contribution in [0.1, 0.15) is 60.3 Å². The van der Waals surface area contributed by atoms with Gasteiger partial charge in [-0.2, -0.15) is 16.9 Å². The van der Waals surface area contributed by atoms with E-state index in [4.69, 9.17) is 5.11 Å². The zero-order valence-corrected chi connectivity index (χ0v) is 17.4. The Morgan fingerprint density at radius 2 is 1.54 bits per heavy atom. The summed E-state index contributed by atoms with van der Waals surface area (Å²) in [6, 6.07) is 0. The van der Waals surface area contributed by atoms with Gasteiger partial charge in [0.2, 0.25) is 5.91 Å². The quantitative estimate of drug-likeness (QED) is 0.222. The van der Waals surface area contributed by atoms with Crippen LogP contribution >= 0.6 is 11.8 Å². The average molecular weight is 381 g/mol. The number of thioether (sulfide) groups is 1. The first-order valence-corrected chi connectivity index (χ1v) is 9.96. The van der Waals surface area contributed by atoms with Crippen LogP contribution in [0, 0.1) is 0 Å². The van der Waals surface area contributed by atoms with Gasteiger partial charge in [0.1, 0.15) is 0 Å². The van der Waals surface area contributed by atoms with Crippen LogP contribution in [0.2, 0.25) is 0 Å².